The summed E-state index contributed by atoms with van der Waals surface area (Å²) in [5.41, 5.74) is 1.60. The van der Waals surface area contributed by atoms with Crippen LogP contribution in [0.25, 0.3) is 0 Å². The monoisotopic (exact) mass is 337 g/mol. The Kier molecular flexibility index (Phi) is 5.37. The Labute approximate surface area is 133 Å². The number of anilines is 1. The van der Waals surface area contributed by atoms with Crippen molar-refractivity contribution >= 4 is 26.3 Å². The first-order chi connectivity index (χ1) is 10.4. The molecule has 2 rings (SSSR count). The highest BCUT2D eigenvalue weighted by molar-refractivity contribution is 7.91. The van der Waals surface area contributed by atoms with Crippen molar-refractivity contribution in [3.8, 4) is 0 Å². The summed E-state index contributed by atoms with van der Waals surface area (Å²) in [6.07, 6.45) is 1.64. The Morgan fingerprint density at radius 3 is 2.27 bits per heavy atom. The van der Waals surface area contributed by atoms with Crippen molar-refractivity contribution in [2.45, 2.75) is 23.3 Å². The summed E-state index contributed by atoms with van der Waals surface area (Å²) in [6.45, 7) is 2.14. The third-order valence-electron chi connectivity index (χ3n) is 3.34. The van der Waals surface area contributed by atoms with Crippen LogP contribution in [0.2, 0.25) is 0 Å². The first kappa shape index (κ1) is 16.7. The average molecular weight is 337 g/mol. The number of nitrogens with one attached hydrogen (secondary N) is 1. The van der Waals surface area contributed by atoms with Crippen LogP contribution in [-0.2, 0) is 27.2 Å². The molecule has 0 saturated carbocycles. The molecule has 0 aliphatic heterocycles. The molecule has 0 fully saturated rings. The maximum Gasteiger partial charge on any atom is 0.180 e. The van der Waals surface area contributed by atoms with E-state index in [2.05, 4.69) is 5.32 Å². The third kappa shape index (κ3) is 3.96. The van der Waals surface area contributed by atoms with E-state index in [0.29, 0.717) is 17.1 Å². The molecule has 0 aliphatic rings. The van der Waals surface area contributed by atoms with Crippen molar-refractivity contribution < 1.29 is 12.6 Å². The first-order valence-electron chi connectivity index (χ1n) is 6.92. The van der Waals surface area contributed by atoms with Crippen LogP contribution in [0.4, 0.5) is 5.69 Å². The second kappa shape index (κ2) is 7.07. The van der Waals surface area contributed by atoms with Crippen LogP contribution in [0.15, 0.2) is 58.3 Å². The SMILES string of the molecule is CCS(=O)(=O)c1ccccc1NCc1ccc([S@](C)=O)cc1. The molecule has 0 amide bonds. The molecule has 4 nitrogen and oxygen atoms in total. The summed E-state index contributed by atoms with van der Waals surface area (Å²) in [5.74, 6) is 0.0721. The molecule has 1 N–H and O–H groups in total. The lowest BCUT2D eigenvalue weighted by Crippen LogP contribution is -2.09. The van der Waals surface area contributed by atoms with Crippen LogP contribution in [0.5, 0.6) is 0 Å². The van der Waals surface area contributed by atoms with E-state index in [1.807, 2.05) is 24.3 Å². The van der Waals surface area contributed by atoms with Gasteiger partial charge in [-0.1, -0.05) is 31.2 Å². The largest absolute Gasteiger partial charge is 0.380 e. The van der Waals surface area contributed by atoms with Crippen molar-refractivity contribution in [2.75, 3.05) is 17.3 Å². The molecule has 0 heterocycles. The van der Waals surface area contributed by atoms with Gasteiger partial charge in [0.15, 0.2) is 9.84 Å². The minimum absolute atomic E-state index is 0.0721. The fourth-order valence-electron chi connectivity index (χ4n) is 2.04. The van der Waals surface area contributed by atoms with E-state index >= 15 is 0 Å². The smallest absolute Gasteiger partial charge is 0.180 e. The Morgan fingerprint density at radius 1 is 1.05 bits per heavy atom. The predicted molar refractivity (Wildman–Crippen MR) is 90.3 cm³/mol. The van der Waals surface area contributed by atoms with Gasteiger partial charge in [-0.2, -0.15) is 0 Å². The van der Waals surface area contributed by atoms with Gasteiger partial charge in [0.25, 0.3) is 0 Å². The van der Waals surface area contributed by atoms with E-state index in [0.717, 1.165) is 10.5 Å². The predicted octanol–water partition coefficient (Wildman–Crippen LogP) is 2.83. The standard InChI is InChI=1S/C16H19NO3S2/c1-3-22(19,20)16-7-5-4-6-15(16)17-12-13-8-10-14(11-9-13)21(2)18/h4-11,17H,3,12H2,1-2H3/t21-/m0/s1. The number of benzene rings is 2. The summed E-state index contributed by atoms with van der Waals surface area (Å²) in [7, 11) is -4.25. The van der Waals surface area contributed by atoms with E-state index < -0.39 is 20.6 Å². The van der Waals surface area contributed by atoms with Gasteiger partial charge in [0, 0.05) is 28.5 Å². The van der Waals surface area contributed by atoms with Crippen molar-refractivity contribution in [2.24, 2.45) is 0 Å². The fraction of sp³-hybridized carbons (Fsp3) is 0.250. The molecule has 0 radical (unpaired) electrons. The highest BCUT2D eigenvalue weighted by Gasteiger charge is 2.15. The lowest BCUT2D eigenvalue weighted by atomic mass is 10.2. The zero-order chi connectivity index (χ0) is 16.2. The quantitative estimate of drug-likeness (QED) is 0.880. The van der Waals surface area contributed by atoms with Crippen LogP contribution in [0.3, 0.4) is 0 Å². The Bertz CT molecular complexity index is 768. The van der Waals surface area contributed by atoms with E-state index in [9.17, 15) is 12.6 Å². The van der Waals surface area contributed by atoms with Gasteiger partial charge in [0.05, 0.1) is 16.3 Å². The molecular weight excluding hydrogens is 318 g/mol. The number of hydrogen-bond acceptors (Lipinski definition) is 4. The molecule has 6 heteroatoms. The second-order valence-corrected chi connectivity index (χ2v) is 8.48. The van der Waals surface area contributed by atoms with Gasteiger partial charge in [-0.05, 0) is 29.8 Å². The van der Waals surface area contributed by atoms with Crippen molar-refractivity contribution in [1.82, 2.24) is 0 Å². The molecule has 0 unspecified atom stereocenters. The lowest BCUT2D eigenvalue weighted by Gasteiger charge is -2.12. The highest BCUT2D eigenvalue weighted by atomic mass is 32.2. The van der Waals surface area contributed by atoms with Gasteiger partial charge in [-0.25, -0.2) is 8.42 Å². The fourth-order valence-corrected chi connectivity index (χ4v) is 3.63. The summed E-state index contributed by atoms with van der Waals surface area (Å²) in [5, 5.41) is 3.16. The van der Waals surface area contributed by atoms with Gasteiger partial charge in [-0.3, -0.25) is 4.21 Å². The number of sulfone groups is 1. The minimum atomic E-state index is -3.25. The van der Waals surface area contributed by atoms with E-state index in [4.69, 9.17) is 0 Å². The maximum atomic E-state index is 12.1. The zero-order valence-corrected chi connectivity index (χ0v) is 14.2. The van der Waals surface area contributed by atoms with Crippen molar-refractivity contribution in [3.63, 3.8) is 0 Å². The van der Waals surface area contributed by atoms with Crippen molar-refractivity contribution in [1.29, 1.82) is 0 Å². The molecule has 22 heavy (non-hydrogen) atoms. The molecule has 118 valence electrons. The maximum absolute atomic E-state index is 12.1. The van der Waals surface area contributed by atoms with Crippen molar-refractivity contribution in [3.05, 3.63) is 54.1 Å². The van der Waals surface area contributed by atoms with E-state index in [1.54, 1.807) is 37.4 Å². The first-order valence-corrected chi connectivity index (χ1v) is 10.1. The molecular formula is C16H19NO3S2. The molecule has 0 aromatic heterocycles. The topological polar surface area (TPSA) is 63.2 Å². The molecule has 0 bridgehead atoms. The van der Waals surface area contributed by atoms with Crippen LogP contribution in [-0.4, -0.2) is 24.6 Å². The molecule has 0 spiro atoms. The second-order valence-electron chi connectivity index (χ2n) is 4.85. The van der Waals surface area contributed by atoms with Gasteiger partial charge in [-0.15, -0.1) is 0 Å². The summed E-state index contributed by atoms with van der Waals surface area (Å²) in [4.78, 5) is 1.10. The highest BCUT2D eigenvalue weighted by Crippen LogP contribution is 2.22. The number of para-hydroxylation sites is 1. The molecule has 0 saturated heterocycles. The Balaban J connectivity index is 2.17. The van der Waals surface area contributed by atoms with Crippen LogP contribution >= 0.6 is 0 Å². The third-order valence-corrected chi connectivity index (χ3v) is 6.06. The van der Waals surface area contributed by atoms with Crippen LogP contribution in [0.1, 0.15) is 12.5 Å². The zero-order valence-electron chi connectivity index (χ0n) is 12.6. The van der Waals surface area contributed by atoms with Gasteiger partial charge < -0.3 is 5.32 Å². The number of hydrogen-bond donors (Lipinski definition) is 1. The van der Waals surface area contributed by atoms with Gasteiger partial charge in [0.1, 0.15) is 0 Å². The van der Waals surface area contributed by atoms with Crippen LogP contribution in [0, 0.1) is 0 Å². The lowest BCUT2D eigenvalue weighted by molar-refractivity contribution is 0.597. The van der Waals surface area contributed by atoms with Gasteiger partial charge >= 0.3 is 0 Å². The molecule has 0 aliphatic carbocycles. The van der Waals surface area contributed by atoms with E-state index in [-0.39, 0.29) is 5.75 Å². The summed E-state index contributed by atoms with van der Waals surface area (Å²) < 4.78 is 35.5. The Hall–Kier alpha value is -1.66. The normalized spacial score (nSPS) is 12.8. The van der Waals surface area contributed by atoms with Crippen LogP contribution < -0.4 is 5.32 Å². The summed E-state index contributed by atoms with van der Waals surface area (Å²) in [6, 6.07) is 14.3. The number of rotatable bonds is 6. The average Bonchev–Trinajstić information content (AvgIpc) is 2.53. The molecule has 2 aromatic carbocycles. The van der Waals surface area contributed by atoms with E-state index in [1.165, 1.54) is 0 Å². The molecule has 1 atom stereocenters. The van der Waals surface area contributed by atoms with Gasteiger partial charge in [0.2, 0.25) is 0 Å². The minimum Gasteiger partial charge on any atom is -0.380 e. The Morgan fingerprint density at radius 2 is 1.68 bits per heavy atom. The summed E-state index contributed by atoms with van der Waals surface area (Å²) >= 11 is 0. The molecule has 2 aromatic rings.